The first-order valence-corrected chi connectivity index (χ1v) is 9.82. The van der Waals surface area contributed by atoms with Gasteiger partial charge in [0.05, 0.1) is 24.9 Å². The number of fused-ring (bicyclic) bond motifs is 1. The number of pyridine rings is 1. The summed E-state index contributed by atoms with van der Waals surface area (Å²) < 4.78 is 12.8. The van der Waals surface area contributed by atoms with E-state index < -0.39 is 23.8 Å². The van der Waals surface area contributed by atoms with Crippen LogP contribution in [0.25, 0.3) is 0 Å². The second-order valence-corrected chi connectivity index (χ2v) is 7.91. The summed E-state index contributed by atoms with van der Waals surface area (Å²) in [5.41, 5.74) is 7.28. The number of carbonyl (C=O) groups excluding carboxylic acids is 2. The van der Waals surface area contributed by atoms with Crippen molar-refractivity contribution in [2.24, 2.45) is 5.73 Å². The summed E-state index contributed by atoms with van der Waals surface area (Å²) in [5, 5.41) is 16.8. The van der Waals surface area contributed by atoms with Crippen LogP contribution in [0.5, 0.6) is 0 Å². The number of urea groups is 1. The minimum absolute atomic E-state index is 0.0696. The average Bonchev–Trinajstić information content (AvgIpc) is 3.08. The van der Waals surface area contributed by atoms with Gasteiger partial charge in [-0.15, -0.1) is 11.8 Å². The van der Waals surface area contributed by atoms with Gasteiger partial charge in [0.15, 0.2) is 5.79 Å². The zero-order valence-corrected chi connectivity index (χ0v) is 15.8. The Balaban J connectivity index is 1.54. The van der Waals surface area contributed by atoms with Gasteiger partial charge < -0.3 is 25.8 Å². The van der Waals surface area contributed by atoms with Crippen molar-refractivity contribution in [3.8, 4) is 0 Å². The number of rotatable bonds is 3. The molecule has 148 valence electrons. The number of nitrogens with one attached hydrogen (secondary N) is 2. The SMILES string of the molecule is NC(=O)C1=CSC2C=C1CC(NC(=O)Nc1cc[n+](O)cc1)C1(C2)OCCO1. The fourth-order valence-corrected chi connectivity index (χ4v) is 4.81. The third kappa shape index (κ3) is 3.71. The number of primary amides is 1. The molecule has 2 unspecified atom stereocenters. The molecule has 5 N–H and O–H groups in total. The van der Waals surface area contributed by atoms with Crippen molar-refractivity contribution in [3.63, 3.8) is 0 Å². The molecule has 1 aliphatic carbocycles. The number of hydrogen-bond donors (Lipinski definition) is 4. The minimum atomic E-state index is -0.959. The summed E-state index contributed by atoms with van der Waals surface area (Å²) in [4.78, 5) is 24.4. The van der Waals surface area contributed by atoms with E-state index in [9.17, 15) is 14.8 Å². The van der Waals surface area contributed by atoms with Gasteiger partial charge in [-0.2, -0.15) is 0 Å². The maximum atomic E-state index is 12.6. The van der Waals surface area contributed by atoms with Crippen molar-refractivity contribution in [2.75, 3.05) is 18.5 Å². The number of amides is 3. The predicted octanol–water partition coefficient (Wildman–Crippen LogP) is 0.649. The molecule has 4 rings (SSSR count). The van der Waals surface area contributed by atoms with Gasteiger partial charge in [0.2, 0.25) is 18.3 Å². The number of aromatic nitrogens is 1. The van der Waals surface area contributed by atoms with Crippen molar-refractivity contribution < 1.29 is 29.0 Å². The van der Waals surface area contributed by atoms with E-state index in [-0.39, 0.29) is 5.25 Å². The van der Waals surface area contributed by atoms with E-state index in [1.54, 1.807) is 17.5 Å². The Morgan fingerprint density at radius 1 is 1.29 bits per heavy atom. The molecule has 1 spiro atoms. The molecule has 10 heteroatoms. The Hall–Kier alpha value is -2.56. The van der Waals surface area contributed by atoms with Gasteiger partial charge in [-0.1, -0.05) is 6.08 Å². The van der Waals surface area contributed by atoms with Gasteiger partial charge in [-0.25, -0.2) is 4.79 Å². The molecular formula is C18H21N4O5S+. The van der Waals surface area contributed by atoms with Gasteiger partial charge in [0, 0.05) is 34.1 Å². The lowest BCUT2D eigenvalue weighted by atomic mass is 9.95. The number of ether oxygens (including phenoxy) is 2. The zero-order valence-electron chi connectivity index (χ0n) is 15.0. The molecule has 2 bridgehead atoms. The fraction of sp³-hybridized carbons (Fsp3) is 0.389. The van der Waals surface area contributed by atoms with E-state index >= 15 is 0 Å². The van der Waals surface area contributed by atoms with Crippen LogP contribution in [0.4, 0.5) is 10.5 Å². The van der Waals surface area contributed by atoms with Crippen LogP contribution in [0, 0.1) is 0 Å². The van der Waals surface area contributed by atoms with Crippen molar-refractivity contribution in [1.29, 1.82) is 0 Å². The van der Waals surface area contributed by atoms with Crippen LogP contribution in [0.2, 0.25) is 0 Å². The van der Waals surface area contributed by atoms with Crippen LogP contribution in [0.15, 0.2) is 47.2 Å². The van der Waals surface area contributed by atoms with Crippen molar-refractivity contribution >= 4 is 29.4 Å². The van der Waals surface area contributed by atoms with E-state index in [2.05, 4.69) is 10.6 Å². The van der Waals surface area contributed by atoms with Crippen LogP contribution < -0.4 is 21.1 Å². The zero-order chi connectivity index (χ0) is 19.7. The van der Waals surface area contributed by atoms with Gasteiger partial charge in [-0.05, 0) is 17.4 Å². The lowest BCUT2D eigenvalue weighted by Gasteiger charge is -2.35. The highest BCUT2D eigenvalue weighted by Gasteiger charge is 2.49. The Morgan fingerprint density at radius 2 is 2.00 bits per heavy atom. The lowest BCUT2D eigenvalue weighted by molar-refractivity contribution is -0.904. The summed E-state index contributed by atoms with van der Waals surface area (Å²) in [5.74, 6) is -1.45. The van der Waals surface area contributed by atoms with Crippen LogP contribution in [0.1, 0.15) is 12.8 Å². The highest BCUT2D eigenvalue weighted by atomic mass is 32.2. The first-order valence-electron chi connectivity index (χ1n) is 8.88. The Bertz CT molecular complexity index is 848. The van der Waals surface area contributed by atoms with E-state index in [4.69, 9.17) is 15.2 Å². The molecule has 9 nitrogen and oxygen atoms in total. The van der Waals surface area contributed by atoms with Crippen LogP contribution in [-0.2, 0) is 14.3 Å². The molecule has 28 heavy (non-hydrogen) atoms. The molecule has 0 aromatic carbocycles. The van der Waals surface area contributed by atoms with Gasteiger partial charge in [-0.3, -0.25) is 10.0 Å². The summed E-state index contributed by atoms with van der Waals surface area (Å²) in [6.07, 6.45) is 5.73. The molecule has 3 heterocycles. The number of thioether (sulfide) groups is 1. The third-order valence-corrected chi connectivity index (χ3v) is 5.98. The molecule has 2 atom stereocenters. The summed E-state index contributed by atoms with van der Waals surface area (Å²) in [6, 6.07) is 2.18. The van der Waals surface area contributed by atoms with Crippen LogP contribution in [0.3, 0.4) is 0 Å². The number of nitrogens with two attached hydrogens (primary N) is 1. The largest absolute Gasteiger partial charge is 0.366 e. The predicted molar refractivity (Wildman–Crippen MR) is 100 cm³/mol. The second kappa shape index (κ2) is 7.46. The van der Waals surface area contributed by atoms with E-state index in [1.165, 1.54) is 24.2 Å². The standard InChI is InChI=1S/C18H20N4O5S/c19-16(23)14-10-28-13-7-11(14)8-15(18(9-13)26-5-6-27-18)21-17(24)20-12-1-3-22(25)4-2-12/h1-4,7,10,13,15,25H,5-6,8-9H2,(H3,19,21,23,24)/p+1. The molecule has 1 aromatic heterocycles. The second-order valence-electron chi connectivity index (χ2n) is 6.80. The molecule has 3 aliphatic rings. The smallest absolute Gasteiger partial charge is 0.319 e. The van der Waals surface area contributed by atoms with Crippen molar-refractivity contribution in [1.82, 2.24) is 5.32 Å². The van der Waals surface area contributed by atoms with Crippen LogP contribution in [-0.4, -0.2) is 47.4 Å². The monoisotopic (exact) mass is 405 g/mol. The summed E-state index contributed by atoms with van der Waals surface area (Å²) in [7, 11) is 0. The van der Waals surface area contributed by atoms with Gasteiger partial charge in [0.1, 0.15) is 0 Å². The first kappa shape index (κ1) is 18.8. The summed E-state index contributed by atoms with van der Waals surface area (Å²) in [6.45, 7) is 0.885. The molecule has 2 aliphatic heterocycles. The maximum Gasteiger partial charge on any atom is 0.319 e. The summed E-state index contributed by atoms with van der Waals surface area (Å²) >= 11 is 1.50. The highest BCUT2D eigenvalue weighted by molar-refractivity contribution is 8.03. The van der Waals surface area contributed by atoms with E-state index in [1.807, 2.05) is 6.08 Å². The fourth-order valence-electron chi connectivity index (χ4n) is 3.66. The molecule has 1 fully saturated rings. The van der Waals surface area contributed by atoms with Crippen molar-refractivity contribution in [3.05, 3.63) is 47.2 Å². The van der Waals surface area contributed by atoms with Gasteiger partial charge in [0.25, 0.3) is 0 Å². The highest BCUT2D eigenvalue weighted by Crippen LogP contribution is 2.43. The Kier molecular flexibility index (Phi) is 5.00. The molecular weight excluding hydrogens is 384 g/mol. The molecule has 1 aromatic rings. The molecule has 0 saturated carbocycles. The van der Waals surface area contributed by atoms with Gasteiger partial charge >= 0.3 is 6.03 Å². The van der Waals surface area contributed by atoms with Crippen LogP contribution >= 0.6 is 11.8 Å². The average molecular weight is 405 g/mol. The maximum absolute atomic E-state index is 12.6. The van der Waals surface area contributed by atoms with E-state index in [0.717, 1.165) is 10.3 Å². The molecule has 0 radical (unpaired) electrons. The molecule has 1 saturated heterocycles. The minimum Gasteiger partial charge on any atom is -0.366 e. The number of carbonyl (C=O) groups is 2. The Morgan fingerprint density at radius 3 is 2.68 bits per heavy atom. The topological polar surface area (TPSA) is 127 Å². The number of hydrogen-bond acceptors (Lipinski definition) is 6. The quantitative estimate of drug-likeness (QED) is 0.432. The number of anilines is 1. The molecule has 3 amide bonds. The first-order chi connectivity index (χ1) is 13.4. The normalized spacial score (nSPS) is 25.4. The third-order valence-electron chi connectivity index (χ3n) is 4.95. The number of nitrogens with zero attached hydrogens (tertiary/aromatic N) is 1. The van der Waals surface area contributed by atoms with E-state index in [0.29, 0.717) is 37.3 Å². The van der Waals surface area contributed by atoms with Crippen molar-refractivity contribution in [2.45, 2.75) is 29.9 Å². The Labute approximate surface area is 165 Å². The lowest BCUT2D eigenvalue weighted by Crippen LogP contribution is -2.55.